The number of phosphoric acid groups is 1. The average molecular weight is 413 g/mol. The van der Waals surface area contributed by atoms with E-state index in [-0.39, 0.29) is 12.7 Å². The van der Waals surface area contributed by atoms with E-state index >= 15 is 0 Å². The Morgan fingerprint density at radius 3 is 2.86 bits per heavy atom. The molecule has 2 aliphatic heterocycles. The molecular weight excluding hydrogens is 393 g/mol. The molecule has 3 fully saturated rings. The number of hydrogen-bond donors (Lipinski definition) is 1. The Balaban J connectivity index is 1.66. The molecular formula is C15H20N5O7P. The number of nitrogens with zero attached hydrogens (tertiary/aromatic N) is 4. The molecule has 12 nitrogen and oxygen atoms in total. The van der Waals surface area contributed by atoms with E-state index in [4.69, 9.17) is 23.8 Å². The molecule has 3 heterocycles. The van der Waals surface area contributed by atoms with Gasteiger partial charge in [0.1, 0.15) is 17.7 Å². The van der Waals surface area contributed by atoms with Gasteiger partial charge in [0.05, 0.1) is 12.7 Å². The maximum Gasteiger partial charge on any atom is 0.475 e. The first-order valence-corrected chi connectivity index (χ1v) is 10.5. The zero-order chi connectivity index (χ0) is 19.9. The summed E-state index contributed by atoms with van der Waals surface area (Å²) in [5.41, 5.74) is 6.35. The first-order chi connectivity index (χ1) is 13.3. The number of phosphoric ester groups is 1. The van der Waals surface area contributed by atoms with E-state index in [9.17, 15) is 14.2 Å². The van der Waals surface area contributed by atoms with Crippen molar-refractivity contribution in [3.63, 3.8) is 0 Å². The smallest absolute Gasteiger partial charge is 0.349 e. The summed E-state index contributed by atoms with van der Waals surface area (Å²) >= 11 is 0. The van der Waals surface area contributed by atoms with Gasteiger partial charge in [0, 0.05) is 17.2 Å². The summed E-state index contributed by atoms with van der Waals surface area (Å²) in [5, 5.41) is 3.81. The number of H-pyrrole nitrogens is 1. The number of azide groups is 1. The minimum absolute atomic E-state index is 0.111. The third-order valence-electron chi connectivity index (χ3n) is 5.30. The predicted octanol–water partition coefficient (Wildman–Crippen LogP) is 1.99. The minimum atomic E-state index is -3.88. The van der Waals surface area contributed by atoms with Gasteiger partial charge in [0.2, 0.25) is 0 Å². The molecule has 0 radical (unpaired) electrons. The molecule has 0 aromatic carbocycles. The lowest BCUT2D eigenvalue weighted by atomic mass is 9.93. The van der Waals surface area contributed by atoms with Gasteiger partial charge in [-0.25, -0.2) is 9.36 Å². The van der Waals surface area contributed by atoms with Crippen LogP contribution in [0.5, 0.6) is 0 Å². The van der Waals surface area contributed by atoms with Gasteiger partial charge in [-0.1, -0.05) is 18.0 Å². The largest absolute Gasteiger partial charge is 0.475 e. The molecule has 1 aromatic rings. The van der Waals surface area contributed by atoms with Crippen molar-refractivity contribution >= 4 is 7.82 Å². The van der Waals surface area contributed by atoms with Gasteiger partial charge in [-0.3, -0.25) is 27.9 Å². The van der Waals surface area contributed by atoms with Crippen molar-refractivity contribution < 1.29 is 22.9 Å². The van der Waals surface area contributed by atoms with Crippen LogP contribution in [0.4, 0.5) is 0 Å². The SMILES string of the molecule is C[C@@]1(N=[N+]=[N-])[C@@H]2OP(=O)(OC3CCCC3)OC[C@H]2O[C@H]1n1ccc(=O)[nH]c1=O. The van der Waals surface area contributed by atoms with E-state index in [1.54, 1.807) is 0 Å². The molecule has 0 bridgehead atoms. The maximum absolute atomic E-state index is 13.0. The van der Waals surface area contributed by atoms with Crippen molar-refractivity contribution in [1.29, 1.82) is 0 Å². The lowest BCUT2D eigenvalue weighted by Crippen LogP contribution is -2.48. The highest BCUT2D eigenvalue weighted by Gasteiger charge is 2.61. The van der Waals surface area contributed by atoms with E-state index < -0.39 is 43.0 Å². The summed E-state index contributed by atoms with van der Waals surface area (Å²) in [4.78, 5) is 28.6. The van der Waals surface area contributed by atoms with Crippen molar-refractivity contribution in [2.24, 2.45) is 5.11 Å². The first kappa shape index (κ1) is 19.4. The van der Waals surface area contributed by atoms with Gasteiger partial charge in [0.15, 0.2) is 6.23 Å². The Morgan fingerprint density at radius 1 is 1.43 bits per heavy atom. The molecule has 1 aromatic heterocycles. The lowest BCUT2D eigenvalue weighted by Gasteiger charge is -2.36. The van der Waals surface area contributed by atoms with Crippen LogP contribution in [0.3, 0.4) is 0 Å². The van der Waals surface area contributed by atoms with Crippen molar-refractivity contribution in [1.82, 2.24) is 9.55 Å². The molecule has 3 aliphatic rings. The fourth-order valence-electron chi connectivity index (χ4n) is 3.92. The number of ether oxygens (including phenoxy) is 1. The van der Waals surface area contributed by atoms with Crippen molar-refractivity contribution in [2.75, 3.05) is 6.61 Å². The van der Waals surface area contributed by atoms with E-state index in [1.807, 2.05) is 0 Å². The third-order valence-corrected chi connectivity index (χ3v) is 6.81. The fraction of sp³-hybridized carbons (Fsp3) is 0.733. The molecule has 1 saturated carbocycles. The number of aromatic nitrogens is 2. The molecule has 2 saturated heterocycles. The Bertz CT molecular complexity index is 966. The van der Waals surface area contributed by atoms with Crippen LogP contribution in [0.2, 0.25) is 0 Å². The van der Waals surface area contributed by atoms with Gasteiger partial charge in [-0.15, -0.1) is 0 Å². The van der Waals surface area contributed by atoms with E-state index in [1.165, 1.54) is 13.1 Å². The zero-order valence-corrected chi connectivity index (χ0v) is 16.0. The summed E-state index contributed by atoms with van der Waals surface area (Å²) in [7, 11) is -3.88. The van der Waals surface area contributed by atoms with Crippen LogP contribution in [0.25, 0.3) is 10.4 Å². The van der Waals surface area contributed by atoms with E-state index in [2.05, 4.69) is 15.0 Å². The highest BCUT2D eigenvalue weighted by Crippen LogP contribution is 2.60. The number of rotatable bonds is 4. The Labute approximate surface area is 159 Å². The summed E-state index contributed by atoms with van der Waals surface area (Å²) in [6.45, 7) is 1.42. The molecule has 1 unspecified atom stereocenters. The van der Waals surface area contributed by atoms with Gasteiger partial charge < -0.3 is 4.74 Å². The third kappa shape index (κ3) is 3.32. The zero-order valence-electron chi connectivity index (χ0n) is 15.1. The highest BCUT2D eigenvalue weighted by atomic mass is 31.2. The molecule has 0 amide bonds. The van der Waals surface area contributed by atoms with Gasteiger partial charge >= 0.3 is 13.5 Å². The van der Waals surface area contributed by atoms with Crippen LogP contribution in [-0.2, 0) is 22.9 Å². The van der Waals surface area contributed by atoms with Crippen molar-refractivity contribution in [3.05, 3.63) is 43.5 Å². The van der Waals surface area contributed by atoms with Crippen LogP contribution in [0.1, 0.15) is 38.8 Å². The minimum Gasteiger partial charge on any atom is -0.349 e. The van der Waals surface area contributed by atoms with Gasteiger partial charge in [0.25, 0.3) is 5.56 Å². The highest BCUT2D eigenvalue weighted by molar-refractivity contribution is 7.48. The summed E-state index contributed by atoms with van der Waals surface area (Å²) in [6, 6.07) is 1.15. The van der Waals surface area contributed by atoms with E-state index in [0.717, 1.165) is 36.3 Å². The molecule has 0 spiro atoms. The molecule has 4 rings (SSSR count). The number of nitrogens with one attached hydrogen (secondary N) is 1. The summed E-state index contributed by atoms with van der Waals surface area (Å²) < 4.78 is 36.6. The second-order valence-corrected chi connectivity index (χ2v) is 8.81. The van der Waals surface area contributed by atoms with Crippen molar-refractivity contribution in [2.45, 2.75) is 62.7 Å². The molecule has 28 heavy (non-hydrogen) atoms. The second kappa shape index (κ2) is 7.14. The van der Waals surface area contributed by atoms with Crippen molar-refractivity contribution in [3.8, 4) is 0 Å². The van der Waals surface area contributed by atoms with Crippen LogP contribution in [0, 0.1) is 0 Å². The second-order valence-electron chi connectivity index (χ2n) is 7.24. The Hall–Kier alpha value is -1.94. The molecule has 152 valence electrons. The quantitative estimate of drug-likeness (QED) is 0.342. The normalized spacial score (nSPS) is 38.1. The molecule has 5 atom stereocenters. The predicted molar refractivity (Wildman–Crippen MR) is 94.6 cm³/mol. The number of fused-ring (bicyclic) bond motifs is 1. The fourth-order valence-corrected chi connectivity index (χ4v) is 5.62. The van der Waals surface area contributed by atoms with Gasteiger partial charge in [-0.2, -0.15) is 0 Å². The van der Waals surface area contributed by atoms with Gasteiger partial charge in [-0.05, 0) is 25.3 Å². The summed E-state index contributed by atoms with van der Waals surface area (Å²) in [5.74, 6) is 0. The molecule has 13 heteroatoms. The van der Waals surface area contributed by atoms with Crippen LogP contribution in [0.15, 0.2) is 27.0 Å². The molecule has 1 aliphatic carbocycles. The Morgan fingerprint density at radius 2 is 2.18 bits per heavy atom. The average Bonchev–Trinajstić information content (AvgIpc) is 3.22. The van der Waals surface area contributed by atoms with Crippen LogP contribution >= 0.6 is 7.82 Å². The maximum atomic E-state index is 13.0. The molecule has 1 N–H and O–H groups in total. The Kier molecular flexibility index (Phi) is 4.95. The summed E-state index contributed by atoms with van der Waals surface area (Å²) in [6.07, 6.45) is 1.72. The first-order valence-electron chi connectivity index (χ1n) is 8.99. The lowest BCUT2D eigenvalue weighted by molar-refractivity contribution is -0.0759. The van der Waals surface area contributed by atoms with E-state index in [0.29, 0.717) is 0 Å². The number of aromatic amines is 1. The monoisotopic (exact) mass is 413 g/mol. The van der Waals surface area contributed by atoms with Crippen LogP contribution in [-0.4, -0.2) is 40.0 Å². The van der Waals surface area contributed by atoms with Crippen LogP contribution < -0.4 is 11.2 Å². The standard InChI is InChI=1S/C15H20N5O7P/c1-15(18-19-16)12-10(25-13(15)20-7-6-11(21)17-14(20)22)8-24-28(23,27-12)26-9-4-2-3-5-9/h6-7,9-10,12-13H,2-5,8H2,1H3,(H,17,21,22)/t10-,12-,13-,15-,28?/m1/s1. The number of hydrogen-bond acceptors (Lipinski definition) is 8. The topological polar surface area (TPSA) is 158 Å².